The highest BCUT2D eigenvalue weighted by atomic mass is 79.9. The normalized spacial score (nSPS) is 15.7. The highest BCUT2D eigenvalue weighted by Gasteiger charge is 2.16. The van der Waals surface area contributed by atoms with Gasteiger partial charge in [0.15, 0.2) is 9.84 Å². The number of halogens is 1. The maximum Gasteiger partial charge on any atom is 0.271 e. The van der Waals surface area contributed by atoms with Gasteiger partial charge in [-0.2, -0.15) is 5.10 Å². The fourth-order valence-electron chi connectivity index (χ4n) is 2.56. The molecule has 0 aromatic heterocycles. The zero-order valence-electron chi connectivity index (χ0n) is 14.0. The number of carbonyl (C=O) groups excluding carboxylic acids is 1. The van der Waals surface area contributed by atoms with Crippen molar-refractivity contribution in [3.8, 4) is 5.75 Å². The monoisotopic (exact) mass is 436 g/mol. The molecule has 0 atom stereocenters. The van der Waals surface area contributed by atoms with Gasteiger partial charge in [-0.05, 0) is 55.3 Å². The summed E-state index contributed by atoms with van der Waals surface area (Å²) in [6.45, 7) is 0.592. The zero-order chi connectivity index (χ0) is 18.7. The van der Waals surface area contributed by atoms with Crippen molar-refractivity contribution >= 4 is 37.4 Å². The Hall–Kier alpha value is -2.19. The van der Waals surface area contributed by atoms with Gasteiger partial charge < -0.3 is 4.74 Å². The summed E-state index contributed by atoms with van der Waals surface area (Å²) >= 11 is 3.44. The summed E-state index contributed by atoms with van der Waals surface area (Å²) in [5.74, 6) is 0.329. The fraction of sp³-hybridized carbons (Fsp3) is 0.222. The number of rotatable bonds is 3. The Labute approximate surface area is 160 Å². The van der Waals surface area contributed by atoms with E-state index in [-0.39, 0.29) is 4.90 Å². The number of hydrogen-bond acceptors (Lipinski definition) is 5. The van der Waals surface area contributed by atoms with Gasteiger partial charge in [-0.3, -0.25) is 4.79 Å². The standard InChI is InChI=1S/C18H17BrN2O4S/c1-26(23,24)14-7-4-12(5-8-14)18(22)21-20-16-3-2-10-25-17-9-6-13(19)11-15(16)17/h4-9,11H,2-3,10H2,1H3,(H,21,22)/b20-16-. The molecule has 0 radical (unpaired) electrons. The van der Waals surface area contributed by atoms with Crippen molar-refractivity contribution < 1.29 is 17.9 Å². The molecular formula is C18H17BrN2O4S. The van der Waals surface area contributed by atoms with Gasteiger partial charge in [-0.25, -0.2) is 13.8 Å². The summed E-state index contributed by atoms with van der Waals surface area (Å²) in [7, 11) is -3.29. The van der Waals surface area contributed by atoms with Crippen molar-refractivity contribution in [1.82, 2.24) is 5.43 Å². The van der Waals surface area contributed by atoms with E-state index in [1.165, 1.54) is 24.3 Å². The first-order chi connectivity index (χ1) is 12.3. The van der Waals surface area contributed by atoms with Gasteiger partial charge in [0, 0.05) is 21.9 Å². The Morgan fingerprint density at radius 1 is 1.19 bits per heavy atom. The zero-order valence-corrected chi connectivity index (χ0v) is 16.4. The quantitative estimate of drug-likeness (QED) is 0.748. The average molecular weight is 437 g/mol. The predicted octanol–water partition coefficient (Wildman–Crippen LogP) is 3.16. The molecule has 8 heteroatoms. The summed E-state index contributed by atoms with van der Waals surface area (Å²) in [5.41, 5.74) is 4.45. The molecule has 0 spiro atoms. The van der Waals surface area contributed by atoms with Gasteiger partial charge in [0.05, 0.1) is 17.2 Å². The van der Waals surface area contributed by atoms with Crippen LogP contribution in [0.3, 0.4) is 0 Å². The number of amides is 1. The summed E-state index contributed by atoms with van der Waals surface area (Å²) in [4.78, 5) is 12.5. The number of sulfone groups is 1. The highest BCUT2D eigenvalue weighted by Crippen LogP contribution is 2.27. The van der Waals surface area contributed by atoms with Crippen LogP contribution in [0.25, 0.3) is 0 Å². The molecule has 26 heavy (non-hydrogen) atoms. The van der Waals surface area contributed by atoms with Gasteiger partial charge in [-0.1, -0.05) is 15.9 Å². The van der Waals surface area contributed by atoms with Crippen LogP contribution in [0.2, 0.25) is 0 Å². The minimum Gasteiger partial charge on any atom is -0.493 e. The van der Waals surface area contributed by atoms with Crippen LogP contribution >= 0.6 is 15.9 Å². The van der Waals surface area contributed by atoms with Crippen LogP contribution in [-0.4, -0.2) is 32.9 Å². The van der Waals surface area contributed by atoms with E-state index in [4.69, 9.17) is 4.74 Å². The molecule has 2 aromatic rings. The molecule has 1 amide bonds. The third-order valence-electron chi connectivity index (χ3n) is 3.91. The van der Waals surface area contributed by atoms with Gasteiger partial charge in [0.2, 0.25) is 0 Å². The summed E-state index contributed by atoms with van der Waals surface area (Å²) in [6, 6.07) is 11.4. The number of hydrazone groups is 1. The number of carbonyl (C=O) groups is 1. The van der Waals surface area contributed by atoms with Crippen LogP contribution in [0.5, 0.6) is 5.75 Å². The maximum atomic E-state index is 12.3. The molecule has 0 saturated carbocycles. The number of fused-ring (bicyclic) bond motifs is 1. The molecule has 1 heterocycles. The van der Waals surface area contributed by atoms with Crippen molar-refractivity contribution in [1.29, 1.82) is 0 Å². The number of benzene rings is 2. The topological polar surface area (TPSA) is 84.8 Å². The number of hydrogen-bond donors (Lipinski definition) is 1. The van der Waals surface area contributed by atoms with E-state index in [1.807, 2.05) is 18.2 Å². The number of nitrogens with zero attached hydrogens (tertiary/aromatic N) is 1. The molecule has 0 bridgehead atoms. The molecule has 1 N–H and O–H groups in total. The van der Waals surface area contributed by atoms with Crippen molar-refractivity contribution in [2.45, 2.75) is 17.7 Å². The van der Waals surface area contributed by atoms with Gasteiger partial charge in [-0.15, -0.1) is 0 Å². The van der Waals surface area contributed by atoms with Crippen LogP contribution in [-0.2, 0) is 9.84 Å². The van der Waals surface area contributed by atoms with Gasteiger partial charge in [0.1, 0.15) is 5.75 Å². The largest absolute Gasteiger partial charge is 0.493 e. The first kappa shape index (κ1) is 18.6. The summed E-state index contributed by atoms with van der Waals surface area (Å²) in [6.07, 6.45) is 2.60. The average Bonchev–Trinajstić information content (AvgIpc) is 2.81. The molecule has 0 saturated heterocycles. The summed E-state index contributed by atoms with van der Waals surface area (Å²) < 4.78 is 29.6. The summed E-state index contributed by atoms with van der Waals surface area (Å²) in [5, 5.41) is 4.27. The molecule has 6 nitrogen and oxygen atoms in total. The Kier molecular flexibility index (Phi) is 5.43. The molecule has 0 aliphatic carbocycles. The fourth-order valence-corrected chi connectivity index (χ4v) is 3.55. The maximum absolute atomic E-state index is 12.3. The van der Waals surface area contributed by atoms with Crippen LogP contribution in [0.1, 0.15) is 28.8 Å². The van der Waals surface area contributed by atoms with Crippen LogP contribution in [0, 0.1) is 0 Å². The van der Waals surface area contributed by atoms with Crippen molar-refractivity contribution in [2.24, 2.45) is 5.10 Å². The molecule has 1 aliphatic heterocycles. The van der Waals surface area contributed by atoms with Crippen LogP contribution < -0.4 is 10.2 Å². The van der Waals surface area contributed by atoms with E-state index in [1.54, 1.807) is 0 Å². The van der Waals surface area contributed by atoms with Crippen molar-refractivity contribution in [3.63, 3.8) is 0 Å². The van der Waals surface area contributed by atoms with Crippen LogP contribution in [0.15, 0.2) is 56.9 Å². The molecule has 3 rings (SSSR count). The second-order valence-electron chi connectivity index (χ2n) is 5.89. The molecule has 2 aromatic carbocycles. The Morgan fingerprint density at radius 2 is 1.92 bits per heavy atom. The van der Waals surface area contributed by atoms with E-state index in [0.29, 0.717) is 18.6 Å². The number of ether oxygens (including phenoxy) is 1. The number of nitrogens with one attached hydrogen (secondary N) is 1. The Bertz CT molecular complexity index is 969. The van der Waals surface area contributed by atoms with Crippen molar-refractivity contribution in [3.05, 3.63) is 58.1 Å². The lowest BCUT2D eigenvalue weighted by Crippen LogP contribution is -2.20. The lowest BCUT2D eigenvalue weighted by atomic mass is 10.1. The Balaban J connectivity index is 1.81. The van der Waals surface area contributed by atoms with E-state index < -0.39 is 15.7 Å². The third kappa shape index (κ3) is 4.31. The Morgan fingerprint density at radius 3 is 2.62 bits per heavy atom. The van der Waals surface area contributed by atoms with Crippen molar-refractivity contribution in [2.75, 3.05) is 12.9 Å². The van der Waals surface area contributed by atoms with E-state index >= 15 is 0 Å². The van der Waals surface area contributed by atoms with Gasteiger partial charge in [0.25, 0.3) is 5.91 Å². The minimum atomic E-state index is -3.29. The van der Waals surface area contributed by atoms with E-state index in [9.17, 15) is 13.2 Å². The molecule has 0 fully saturated rings. The predicted molar refractivity (Wildman–Crippen MR) is 102 cm³/mol. The van der Waals surface area contributed by atoms with E-state index in [0.717, 1.165) is 34.2 Å². The van der Waals surface area contributed by atoms with E-state index in [2.05, 4.69) is 26.5 Å². The first-order valence-corrected chi connectivity index (χ1v) is 10.6. The second-order valence-corrected chi connectivity index (χ2v) is 8.82. The van der Waals surface area contributed by atoms with Crippen LogP contribution in [0.4, 0.5) is 0 Å². The molecule has 136 valence electrons. The first-order valence-electron chi connectivity index (χ1n) is 7.94. The highest BCUT2D eigenvalue weighted by molar-refractivity contribution is 9.10. The SMILES string of the molecule is CS(=O)(=O)c1ccc(C(=O)N/N=C2/CCCOc3ccc(Br)cc32)cc1. The molecule has 0 unspecified atom stereocenters. The molecular weight excluding hydrogens is 420 g/mol. The second kappa shape index (κ2) is 7.59. The van der Waals surface area contributed by atoms with Gasteiger partial charge >= 0.3 is 0 Å². The molecule has 1 aliphatic rings. The lowest BCUT2D eigenvalue weighted by molar-refractivity contribution is 0.0954. The lowest BCUT2D eigenvalue weighted by Gasteiger charge is -2.09. The third-order valence-corrected chi connectivity index (χ3v) is 5.53. The smallest absolute Gasteiger partial charge is 0.271 e. The minimum absolute atomic E-state index is 0.167.